The molecule has 0 aromatic carbocycles. The Kier molecular flexibility index (Phi) is 4.93. The van der Waals surface area contributed by atoms with Gasteiger partial charge in [0.25, 0.3) is 0 Å². The van der Waals surface area contributed by atoms with Gasteiger partial charge in [0.15, 0.2) is 0 Å². The van der Waals surface area contributed by atoms with Gasteiger partial charge in [0, 0.05) is 0 Å². The molecule has 0 aliphatic carbocycles. The zero-order valence-electron chi connectivity index (χ0n) is 5.70. The van der Waals surface area contributed by atoms with Gasteiger partial charge < -0.3 is 20.6 Å². The minimum Gasteiger partial charge on any atom is -0.465 e. The lowest BCUT2D eigenvalue weighted by Crippen LogP contribution is -2.46. The van der Waals surface area contributed by atoms with E-state index >= 15 is 0 Å². The molecule has 0 aromatic heterocycles. The molecule has 0 saturated heterocycles. The Morgan fingerprint density at radius 2 is 2.18 bits per heavy atom. The van der Waals surface area contributed by atoms with Gasteiger partial charge in [0.2, 0.25) is 0 Å². The standard InChI is InChI=1S/C5H10ClNO4/c6-1-4(9)3(2-8)7-5(10)11/h3-4,7-9H,1-2H2,(H,10,11). The predicted octanol–water partition coefficient (Wildman–Crippen LogP) is -0.785. The maximum absolute atomic E-state index is 10.0. The molecule has 6 heteroatoms. The molecular formula is C5H10ClNO4. The Labute approximate surface area is 68.6 Å². The number of aliphatic hydroxyl groups is 2. The van der Waals surface area contributed by atoms with Gasteiger partial charge in [-0.1, -0.05) is 0 Å². The Morgan fingerprint density at radius 3 is 2.45 bits per heavy atom. The van der Waals surface area contributed by atoms with Gasteiger partial charge in [-0.05, 0) is 0 Å². The van der Waals surface area contributed by atoms with E-state index < -0.39 is 24.8 Å². The molecule has 0 aliphatic rings. The van der Waals surface area contributed by atoms with Crippen molar-refractivity contribution in [1.82, 2.24) is 5.32 Å². The number of hydrogen-bond donors (Lipinski definition) is 4. The normalized spacial score (nSPS) is 15.5. The summed E-state index contributed by atoms with van der Waals surface area (Å²) < 4.78 is 0. The number of amides is 1. The molecule has 1 amide bonds. The quantitative estimate of drug-likeness (QED) is 0.430. The molecule has 0 aliphatic heterocycles. The zero-order chi connectivity index (χ0) is 8.85. The number of carbonyl (C=O) groups is 1. The first-order valence-electron chi connectivity index (χ1n) is 2.96. The number of aliphatic hydroxyl groups excluding tert-OH is 2. The fourth-order valence-electron chi connectivity index (χ4n) is 0.530. The highest BCUT2D eigenvalue weighted by atomic mass is 35.5. The first-order valence-corrected chi connectivity index (χ1v) is 3.49. The smallest absolute Gasteiger partial charge is 0.405 e. The van der Waals surface area contributed by atoms with Crippen LogP contribution in [0, 0.1) is 0 Å². The molecule has 0 radical (unpaired) electrons. The highest BCUT2D eigenvalue weighted by Crippen LogP contribution is 1.95. The second kappa shape index (κ2) is 5.17. The number of nitrogens with one attached hydrogen (secondary N) is 1. The van der Waals surface area contributed by atoms with Crippen molar-refractivity contribution >= 4 is 17.7 Å². The highest BCUT2D eigenvalue weighted by molar-refractivity contribution is 6.18. The summed E-state index contributed by atoms with van der Waals surface area (Å²) in [7, 11) is 0. The molecule has 0 spiro atoms. The number of alkyl halides is 1. The van der Waals surface area contributed by atoms with E-state index in [1.807, 2.05) is 5.32 Å². The minimum absolute atomic E-state index is 0.120. The topological polar surface area (TPSA) is 89.8 Å². The van der Waals surface area contributed by atoms with Gasteiger partial charge in [0.05, 0.1) is 24.6 Å². The molecule has 2 atom stereocenters. The summed E-state index contributed by atoms with van der Waals surface area (Å²) >= 11 is 5.21. The van der Waals surface area contributed by atoms with Crippen LogP contribution < -0.4 is 5.32 Å². The lowest BCUT2D eigenvalue weighted by Gasteiger charge is -2.17. The van der Waals surface area contributed by atoms with Crippen LogP contribution in [0.25, 0.3) is 0 Å². The third-order valence-electron chi connectivity index (χ3n) is 1.13. The van der Waals surface area contributed by atoms with Crippen molar-refractivity contribution in [3.63, 3.8) is 0 Å². The van der Waals surface area contributed by atoms with Crippen molar-refractivity contribution in [2.24, 2.45) is 0 Å². The SMILES string of the molecule is O=C(O)NC(CO)C(O)CCl. The lowest BCUT2D eigenvalue weighted by atomic mass is 10.2. The summed E-state index contributed by atoms with van der Waals surface area (Å²) in [6.07, 6.45) is -2.36. The van der Waals surface area contributed by atoms with E-state index in [1.165, 1.54) is 0 Å². The summed E-state index contributed by atoms with van der Waals surface area (Å²) in [6, 6.07) is -0.912. The average molecular weight is 184 g/mol. The van der Waals surface area contributed by atoms with Gasteiger partial charge in [-0.3, -0.25) is 0 Å². The van der Waals surface area contributed by atoms with Crippen molar-refractivity contribution in [2.75, 3.05) is 12.5 Å². The molecule has 0 bridgehead atoms. The fourth-order valence-corrected chi connectivity index (χ4v) is 0.745. The van der Waals surface area contributed by atoms with Crippen LogP contribution in [-0.4, -0.2) is 46.0 Å². The van der Waals surface area contributed by atoms with Crippen molar-refractivity contribution < 1.29 is 20.1 Å². The van der Waals surface area contributed by atoms with Gasteiger partial charge in [-0.15, -0.1) is 11.6 Å². The highest BCUT2D eigenvalue weighted by Gasteiger charge is 2.18. The Balaban J connectivity index is 3.84. The second-order valence-electron chi connectivity index (χ2n) is 1.96. The van der Waals surface area contributed by atoms with Crippen LogP contribution in [0.4, 0.5) is 4.79 Å². The van der Waals surface area contributed by atoms with Crippen molar-refractivity contribution in [3.8, 4) is 0 Å². The van der Waals surface area contributed by atoms with Crippen LogP contribution in [-0.2, 0) is 0 Å². The minimum atomic E-state index is -1.30. The number of halogens is 1. The van der Waals surface area contributed by atoms with Crippen molar-refractivity contribution in [1.29, 1.82) is 0 Å². The largest absolute Gasteiger partial charge is 0.465 e. The lowest BCUT2D eigenvalue weighted by molar-refractivity contribution is 0.101. The van der Waals surface area contributed by atoms with Crippen molar-refractivity contribution in [3.05, 3.63) is 0 Å². The number of rotatable bonds is 4. The van der Waals surface area contributed by atoms with E-state index in [4.69, 9.17) is 26.9 Å². The zero-order valence-corrected chi connectivity index (χ0v) is 6.45. The summed E-state index contributed by atoms with van der Waals surface area (Å²) in [5.41, 5.74) is 0. The number of hydrogen-bond acceptors (Lipinski definition) is 3. The molecule has 2 unspecified atom stereocenters. The molecule has 0 saturated carbocycles. The third kappa shape index (κ3) is 4.02. The second-order valence-corrected chi connectivity index (χ2v) is 2.27. The third-order valence-corrected chi connectivity index (χ3v) is 1.44. The molecule has 0 aromatic rings. The first kappa shape index (κ1) is 10.5. The molecule has 5 nitrogen and oxygen atoms in total. The summed E-state index contributed by atoms with van der Waals surface area (Å²) in [5, 5.41) is 27.6. The molecular weight excluding hydrogens is 174 g/mol. The maximum Gasteiger partial charge on any atom is 0.405 e. The summed E-state index contributed by atoms with van der Waals surface area (Å²) in [6.45, 7) is -0.472. The Morgan fingerprint density at radius 1 is 1.64 bits per heavy atom. The van der Waals surface area contributed by atoms with Crippen LogP contribution in [0.1, 0.15) is 0 Å². The average Bonchev–Trinajstić information content (AvgIpc) is 1.98. The van der Waals surface area contributed by atoms with E-state index in [2.05, 4.69) is 0 Å². The molecule has 0 rings (SSSR count). The van der Waals surface area contributed by atoms with Crippen LogP contribution in [0.2, 0.25) is 0 Å². The molecule has 0 heterocycles. The van der Waals surface area contributed by atoms with Gasteiger partial charge in [-0.2, -0.15) is 0 Å². The van der Waals surface area contributed by atoms with E-state index in [0.717, 1.165) is 0 Å². The summed E-state index contributed by atoms with van der Waals surface area (Å²) in [5.74, 6) is -0.120. The molecule has 66 valence electrons. The Hall–Kier alpha value is -0.520. The summed E-state index contributed by atoms with van der Waals surface area (Å²) in [4.78, 5) is 10.0. The van der Waals surface area contributed by atoms with Gasteiger partial charge in [-0.25, -0.2) is 4.79 Å². The van der Waals surface area contributed by atoms with Crippen LogP contribution in [0.15, 0.2) is 0 Å². The van der Waals surface area contributed by atoms with Gasteiger partial charge in [0.1, 0.15) is 0 Å². The van der Waals surface area contributed by atoms with Gasteiger partial charge >= 0.3 is 6.09 Å². The van der Waals surface area contributed by atoms with E-state index in [1.54, 1.807) is 0 Å². The van der Waals surface area contributed by atoms with Crippen LogP contribution in [0.5, 0.6) is 0 Å². The maximum atomic E-state index is 10.0. The first-order chi connectivity index (χ1) is 5.11. The molecule has 4 N–H and O–H groups in total. The number of carboxylic acid groups (broad SMARTS) is 1. The molecule has 11 heavy (non-hydrogen) atoms. The Bertz CT molecular complexity index is 132. The van der Waals surface area contributed by atoms with E-state index in [-0.39, 0.29) is 5.88 Å². The fraction of sp³-hybridized carbons (Fsp3) is 0.800. The monoisotopic (exact) mass is 183 g/mol. The molecule has 0 fully saturated rings. The predicted molar refractivity (Wildman–Crippen MR) is 38.8 cm³/mol. The van der Waals surface area contributed by atoms with Crippen LogP contribution in [0.3, 0.4) is 0 Å². The van der Waals surface area contributed by atoms with E-state index in [9.17, 15) is 4.79 Å². The van der Waals surface area contributed by atoms with Crippen molar-refractivity contribution in [2.45, 2.75) is 12.1 Å². The van der Waals surface area contributed by atoms with E-state index in [0.29, 0.717) is 0 Å². The van der Waals surface area contributed by atoms with Crippen LogP contribution >= 0.6 is 11.6 Å².